The molecule has 26 heavy (non-hydrogen) atoms. The predicted molar refractivity (Wildman–Crippen MR) is 108 cm³/mol. The second kappa shape index (κ2) is 10.3. The van der Waals surface area contributed by atoms with Gasteiger partial charge in [0.05, 0.1) is 0 Å². The summed E-state index contributed by atoms with van der Waals surface area (Å²) in [5, 5.41) is 5.89. The summed E-state index contributed by atoms with van der Waals surface area (Å²) in [6.45, 7) is 13.1. The number of hydrogen-bond acceptors (Lipinski definition) is 2. The van der Waals surface area contributed by atoms with E-state index in [9.17, 15) is 9.59 Å². The Morgan fingerprint density at radius 3 is 2.19 bits per heavy atom. The Hall–Kier alpha value is -1.84. The van der Waals surface area contributed by atoms with E-state index in [1.54, 1.807) is 0 Å². The molecule has 0 fully saturated rings. The molecule has 1 aromatic carbocycles. The van der Waals surface area contributed by atoms with Crippen molar-refractivity contribution in [2.24, 2.45) is 17.3 Å². The number of carbonyl (C=O) groups is 2. The Kier molecular flexibility index (Phi) is 8.83. The van der Waals surface area contributed by atoms with Gasteiger partial charge in [0.1, 0.15) is 6.04 Å². The smallest absolute Gasteiger partial charge is 0.242 e. The van der Waals surface area contributed by atoms with E-state index in [2.05, 4.69) is 38.3 Å². The first-order valence-electron chi connectivity index (χ1n) is 9.69. The highest BCUT2D eigenvalue weighted by Crippen LogP contribution is 2.25. The molecule has 0 heterocycles. The summed E-state index contributed by atoms with van der Waals surface area (Å²) < 4.78 is 0. The molecule has 0 saturated heterocycles. The van der Waals surface area contributed by atoms with Crippen LogP contribution in [0.2, 0.25) is 0 Å². The summed E-state index contributed by atoms with van der Waals surface area (Å²) in [7, 11) is 0. The average molecular weight is 361 g/mol. The molecule has 0 aliphatic carbocycles. The van der Waals surface area contributed by atoms with Gasteiger partial charge >= 0.3 is 0 Å². The van der Waals surface area contributed by atoms with Crippen LogP contribution in [0, 0.1) is 17.3 Å². The van der Waals surface area contributed by atoms with E-state index in [1.165, 1.54) is 5.56 Å². The van der Waals surface area contributed by atoms with Crippen LogP contribution in [0.15, 0.2) is 30.3 Å². The maximum absolute atomic E-state index is 12.5. The minimum atomic E-state index is -0.486. The fourth-order valence-electron chi connectivity index (χ4n) is 3.29. The Balaban J connectivity index is 2.48. The first kappa shape index (κ1) is 22.2. The van der Waals surface area contributed by atoms with Crippen molar-refractivity contribution in [1.29, 1.82) is 0 Å². The number of rotatable bonds is 9. The van der Waals surface area contributed by atoms with E-state index < -0.39 is 6.04 Å². The third-order valence-electron chi connectivity index (χ3n) is 4.32. The summed E-state index contributed by atoms with van der Waals surface area (Å²) in [6, 6.07) is 9.57. The molecule has 0 radical (unpaired) electrons. The minimum absolute atomic E-state index is 0.0429. The topological polar surface area (TPSA) is 58.2 Å². The molecule has 2 unspecified atom stereocenters. The normalized spacial score (nSPS) is 14.0. The maximum Gasteiger partial charge on any atom is 0.242 e. The van der Waals surface area contributed by atoms with Gasteiger partial charge in [-0.25, -0.2) is 0 Å². The fourth-order valence-corrected chi connectivity index (χ4v) is 3.29. The molecule has 0 aliphatic heterocycles. The van der Waals surface area contributed by atoms with Gasteiger partial charge in [-0.2, -0.15) is 0 Å². The summed E-state index contributed by atoms with van der Waals surface area (Å²) in [5.41, 5.74) is 1.39. The van der Waals surface area contributed by atoms with Gasteiger partial charge in [-0.05, 0) is 35.7 Å². The molecule has 0 bridgehead atoms. The summed E-state index contributed by atoms with van der Waals surface area (Å²) in [6.07, 6.45) is 2.22. The molecule has 2 N–H and O–H groups in total. The number of nitrogens with one attached hydrogen (secondary N) is 2. The standard InChI is InChI=1S/C22H36N2O2/c1-16(2)20(24-19(25)14-17(3)15-22(4,5)6)21(26)23-13-12-18-10-8-7-9-11-18/h7-11,16-17,20H,12-15H2,1-6H3,(H,23,26)(H,24,25). The van der Waals surface area contributed by atoms with Crippen molar-refractivity contribution in [3.8, 4) is 0 Å². The van der Waals surface area contributed by atoms with Crippen LogP contribution in [0.1, 0.15) is 59.9 Å². The highest BCUT2D eigenvalue weighted by atomic mass is 16.2. The van der Waals surface area contributed by atoms with Gasteiger partial charge in [0.25, 0.3) is 0 Å². The number of hydrogen-bond donors (Lipinski definition) is 2. The number of benzene rings is 1. The zero-order chi connectivity index (χ0) is 19.7. The van der Waals surface area contributed by atoms with Crippen molar-refractivity contribution in [1.82, 2.24) is 10.6 Å². The lowest BCUT2D eigenvalue weighted by molar-refractivity contribution is -0.130. The third-order valence-corrected chi connectivity index (χ3v) is 4.32. The first-order valence-corrected chi connectivity index (χ1v) is 9.69. The van der Waals surface area contributed by atoms with Crippen LogP contribution in [-0.2, 0) is 16.0 Å². The first-order chi connectivity index (χ1) is 12.1. The van der Waals surface area contributed by atoms with Gasteiger partial charge in [0.15, 0.2) is 0 Å². The number of carbonyl (C=O) groups excluding carboxylic acids is 2. The Bertz CT molecular complexity index is 561. The largest absolute Gasteiger partial charge is 0.354 e. The predicted octanol–water partition coefficient (Wildman–Crippen LogP) is 3.95. The van der Waals surface area contributed by atoms with Crippen molar-refractivity contribution >= 4 is 11.8 Å². The molecule has 2 amide bonds. The van der Waals surface area contributed by atoms with Crippen LogP contribution in [0.25, 0.3) is 0 Å². The van der Waals surface area contributed by atoms with Crippen molar-refractivity contribution < 1.29 is 9.59 Å². The zero-order valence-corrected chi connectivity index (χ0v) is 17.3. The molecule has 0 spiro atoms. The summed E-state index contributed by atoms with van der Waals surface area (Å²) in [5.74, 6) is 0.198. The molecular formula is C22H36N2O2. The molecule has 4 nitrogen and oxygen atoms in total. The van der Waals surface area contributed by atoms with Gasteiger partial charge in [-0.3, -0.25) is 9.59 Å². The lowest BCUT2D eigenvalue weighted by Gasteiger charge is -2.25. The Morgan fingerprint density at radius 2 is 1.65 bits per heavy atom. The van der Waals surface area contributed by atoms with Gasteiger partial charge in [0, 0.05) is 13.0 Å². The van der Waals surface area contributed by atoms with E-state index >= 15 is 0 Å². The molecule has 146 valence electrons. The highest BCUT2D eigenvalue weighted by Gasteiger charge is 2.25. The van der Waals surface area contributed by atoms with E-state index in [-0.39, 0.29) is 23.1 Å². The van der Waals surface area contributed by atoms with Gasteiger partial charge < -0.3 is 10.6 Å². The lowest BCUT2D eigenvalue weighted by Crippen LogP contribution is -2.50. The zero-order valence-electron chi connectivity index (χ0n) is 17.3. The van der Waals surface area contributed by atoms with E-state index in [1.807, 2.05) is 44.2 Å². The molecule has 4 heteroatoms. The van der Waals surface area contributed by atoms with E-state index in [0.29, 0.717) is 18.9 Å². The van der Waals surface area contributed by atoms with Crippen molar-refractivity contribution in [3.63, 3.8) is 0 Å². The third kappa shape index (κ3) is 9.02. The average Bonchev–Trinajstić information content (AvgIpc) is 2.51. The Labute approximate surface area is 159 Å². The highest BCUT2D eigenvalue weighted by molar-refractivity contribution is 5.87. The summed E-state index contributed by atoms with van der Waals surface area (Å²) in [4.78, 5) is 24.9. The monoisotopic (exact) mass is 360 g/mol. The molecule has 0 aromatic heterocycles. The molecule has 0 aliphatic rings. The molecular weight excluding hydrogens is 324 g/mol. The number of amides is 2. The van der Waals surface area contributed by atoms with E-state index in [4.69, 9.17) is 0 Å². The van der Waals surface area contributed by atoms with Gasteiger partial charge in [0.2, 0.25) is 11.8 Å². The maximum atomic E-state index is 12.5. The van der Waals surface area contributed by atoms with E-state index in [0.717, 1.165) is 12.8 Å². The lowest BCUT2D eigenvalue weighted by atomic mass is 9.84. The van der Waals surface area contributed by atoms with Crippen molar-refractivity contribution in [2.75, 3.05) is 6.54 Å². The second-order valence-corrected chi connectivity index (χ2v) is 8.89. The van der Waals surface area contributed by atoms with Crippen LogP contribution in [-0.4, -0.2) is 24.4 Å². The van der Waals surface area contributed by atoms with Gasteiger partial charge in [-0.1, -0.05) is 71.9 Å². The van der Waals surface area contributed by atoms with Crippen LogP contribution in [0.5, 0.6) is 0 Å². The molecule has 2 atom stereocenters. The minimum Gasteiger partial charge on any atom is -0.354 e. The Morgan fingerprint density at radius 1 is 1.04 bits per heavy atom. The summed E-state index contributed by atoms with van der Waals surface area (Å²) >= 11 is 0. The van der Waals surface area contributed by atoms with Crippen LogP contribution < -0.4 is 10.6 Å². The second-order valence-electron chi connectivity index (χ2n) is 8.89. The SMILES string of the molecule is CC(CC(=O)NC(C(=O)NCCc1ccccc1)C(C)C)CC(C)(C)C. The van der Waals surface area contributed by atoms with Gasteiger partial charge in [-0.15, -0.1) is 0 Å². The quantitative estimate of drug-likeness (QED) is 0.700. The molecule has 0 saturated carbocycles. The van der Waals surface area contributed by atoms with Crippen LogP contribution >= 0.6 is 0 Å². The van der Waals surface area contributed by atoms with Crippen LogP contribution in [0.4, 0.5) is 0 Å². The van der Waals surface area contributed by atoms with Crippen molar-refractivity contribution in [3.05, 3.63) is 35.9 Å². The molecule has 1 rings (SSSR count). The van der Waals surface area contributed by atoms with Crippen molar-refractivity contribution in [2.45, 2.75) is 66.8 Å². The molecule has 1 aromatic rings. The van der Waals surface area contributed by atoms with Crippen LogP contribution in [0.3, 0.4) is 0 Å². The fraction of sp³-hybridized carbons (Fsp3) is 0.636.